The minimum Gasteiger partial charge on any atom is -0.460 e. The fraction of sp³-hybridized carbons (Fsp3) is 0.235. The molecular formula is C17H19ClNO4P. The number of hydrogen-bond donors (Lipinski definition) is 1. The molecule has 0 spiro atoms. The molecule has 7 heteroatoms. The van der Waals surface area contributed by atoms with Crippen LogP contribution in [0.5, 0.6) is 5.75 Å². The lowest BCUT2D eigenvalue weighted by molar-refractivity contribution is -0.146. The summed E-state index contributed by atoms with van der Waals surface area (Å²) < 4.78 is 23.1. The highest BCUT2D eigenvalue weighted by Gasteiger charge is 2.25. The molecule has 2 aromatic rings. The second-order valence-corrected chi connectivity index (χ2v) is 7.90. The Balaban J connectivity index is 1.87. The van der Waals surface area contributed by atoms with Gasteiger partial charge in [-0.15, -0.1) is 0 Å². The minimum atomic E-state index is -3.23. The van der Waals surface area contributed by atoms with Crippen LogP contribution in [-0.2, 0) is 20.7 Å². The first-order valence-corrected chi connectivity index (χ1v) is 9.82. The van der Waals surface area contributed by atoms with Crippen LogP contribution in [0.2, 0.25) is 5.02 Å². The van der Waals surface area contributed by atoms with E-state index < -0.39 is 19.5 Å². The Bertz CT molecular complexity index is 721. The molecule has 0 amide bonds. The number of carbonyl (C=O) groups excluding carboxylic acids is 1. The molecule has 128 valence electrons. The van der Waals surface area contributed by atoms with Crippen LogP contribution in [0.25, 0.3) is 0 Å². The Morgan fingerprint density at radius 3 is 2.42 bits per heavy atom. The van der Waals surface area contributed by atoms with Gasteiger partial charge in [0.25, 0.3) is 0 Å². The molecule has 0 radical (unpaired) electrons. The molecule has 0 saturated carbocycles. The van der Waals surface area contributed by atoms with E-state index in [2.05, 4.69) is 5.09 Å². The summed E-state index contributed by atoms with van der Waals surface area (Å²) in [5.41, 5.74) is 0.884. The van der Waals surface area contributed by atoms with Crippen LogP contribution in [0.3, 0.4) is 0 Å². The Labute approximate surface area is 146 Å². The van der Waals surface area contributed by atoms with Gasteiger partial charge in [0.1, 0.15) is 18.4 Å². The van der Waals surface area contributed by atoms with Crippen LogP contribution >= 0.6 is 19.1 Å². The zero-order valence-corrected chi connectivity index (χ0v) is 15.1. The highest BCUT2D eigenvalue weighted by molar-refractivity contribution is 7.56. The summed E-state index contributed by atoms with van der Waals surface area (Å²) >= 11 is 5.79. The fourth-order valence-electron chi connectivity index (χ4n) is 1.98. The Kier molecular flexibility index (Phi) is 6.44. The van der Waals surface area contributed by atoms with Crippen LogP contribution in [0, 0.1) is 0 Å². The topological polar surface area (TPSA) is 64.6 Å². The molecule has 5 nitrogen and oxygen atoms in total. The number of ether oxygens (including phenoxy) is 1. The van der Waals surface area contributed by atoms with Crippen molar-refractivity contribution in [1.82, 2.24) is 5.09 Å². The van der Waals surface area contributed by atoms with Crippen molar-refractivity contribution in [2.45, 2.75) is 19.6 Å². The number of halogens is 1. The molecule has 2 rings (SSSR count). The van der Waals surface area contributed by atoms with Crippen molar-refractivity contribution in [2.75, 3.05) is 6.66 Å². The predicted molar refractivity (Wildman–Crippen MR) is 94.4 cm³/mol. The number of benzene rings is 2. The van der Waals surface area contributed by atoms with Crippen molar-refractivity contribution < 1.29 is 18.6 Å². The summed E-state index contributed by atoms with van der Waals surface area (Å²) in [4.78, 5) is 12.0. The van der Waals surface area contributed by atoms with E-state index >= 15 is 0 Å². The maximum Gasteiger partial charge on any atom is 0.323 e. The van der Waals surface area contributed by atoms with E-state index in [4.69, 9.17) is 20.9 Å². The molecule has 0 fully saturated rings. The van der Waals surface area contributed by atoms with E-state index in [1.54, 1.807) is 31.2 Å². The van der Waals surface area contributed by atoms with Crippen molar-refractivity contribution in [3.63, 3.8) is 0 Å². The van der Waals surface area contributed by atoms with Gasteiger partial charge in [-0.3, -0.25) is 9.36 Å². The molecule has 1 unspecified atom stereocenters. The van der Waals surface area contributed by atoms with Gasteiger partial charge >= 0.3 is 13.5 Å². The van der Waals surface area contributed by atoms with E-state index in [0.717, 1.165) is 5.56 Å². The zero-order chi connectivity index (χ0) is 17.6. The first kappa shape index (κ1) is 18.5. The predicted octanol–water partition coefficient (Wildman–Crippen LogP) is 4.26. The summed E-state index contributed by atoms with van der Waals surface area (Å²) in [5, 5.41) is 3.24. The number of nitrogens with one attached hydrogen (secondary N) is 1. The maximum absolute atomic E-state index is 12.5. The molecule has 0 aliphatic rings. The van der Waals surface area contributed by atoms with Crippen LogP contribution in [0.4, 0.5) is 0 Å². The Morgan fingerprint density at radius 1 is 1.17 bits per heavy atom. The summed E-state index contributed by atoms with van der Waals surface area (Å²) in [7, 11) is -3.23. The molecule has 0 saturated heterocycles. The van der Waals surface area contributed by atoms with Gasteiger partial charge in [0, 0.05) is 11.7 Å². The van der Waals surface area contributed by atoms with Gasteiger partial charge in [-0.1, -0.05) is 41.9 Å². The lowest BCUT2D eigenvalue weighted by atomic mass is 10.2. The summed E-state index contributed by atoms with van der Waals surface area (Å²) in [6.07, 6.45) is 0. The molecular weight excluding hydrogens is 349 g/mol. The van der Waals surface area contributed by atoms with Crippen LogP contribution in [0.15, 0.2) is 54.6 Å². The largest absolute Gasteiger partial charge is 0.460 e. The first-order chi connectivity index (χ1) is 11.4. The van der Waals surface area contributed by atoms with Gasteiger partial charge in [-0.25, -0.2) is 5.09 Å². The average molecular weight is 368 g/mol. The monoisotopic (exact) mass is 367 g/mol. The average Bonchev–Trinajstić information content (AvgIpc) is 2.55. The minimum absolute atomic E-state index is 0.164. The van der Waals surface area contributed by atoms with Gasteiger partial charge < -0.3 is 9.26 Å². The second kappa shape index (κ2) is 8.34. The summed E-state index contributed by atoms with van der Waals surface area (Å²) in [6, 6.07) is 15.1. The highest BCUT2D eigenvalue weighted by atomic mass is 35.5. The third-order valence-electron chi connectivity index (χ3n) is 3.10. The molecule has 2 atom stereocenters. The van der Waals surface area contributed by atoms with Gasteiger partial charge in [0.05, 0.1) is 0 Å². The Hall–Kier alpha value is -1.81. The molecule has 1 N–H and O–H groups in total. The van der Waals surface area contributed by atoms with E-state index in [-0.39, 0.29) is 6.61 Å². The van der Waals surface area contributed by atoms with Crippen molar-refractivity contribution in [1.29, 1.82) is 0 Å². The van der Waals surface area contributed by atoms with Crippen LogP contribution in [-0.4, -0.2) is 18.7 Å². The molecule has 24 heavy (non-hydrogen) atoms. The third kappa shape index (κ3) is 6.00. The van der Waals surface area contributed by atoms with E-state index in [9.17, 15) is 9.36 Å². The van der Waals surface area contributed by atoms with Crippen molar-refractivity contribution >= 4 is 25.1 Å². The molecule has 0 heterocycles. The third-order valence-corrected chi connectivity index (χ3v) is 4.77. The number of hydrogen-bond acceptors (Lipinski definition) is 4. The van der Waals surface area contributed by atoms with Crippen molar-refractivity contribution in [3.05, 3.63) is 65.2 Å². The highest BCUT2D eigenvalue weighted by Crippen LogP contribution is 2.39. The van der Waals surface area contributed by atoms with Crippen molar-refractivity contribution in [3.8, 4) is 5.75 Å². The lowest BCUT2D eigenvalue weighted by Gasteiger charge is -2.20. The number of carbonyl (C=O) groups is 1. The number of rotatable bonds is 7. The zero-order valence-electron chi connectivity index (χ0n) is 13.4. The van der Waals surface area contributed by atoms with E-state index in [1.165, 1.54) is 6.66 Å². The summed E-state index contributed by atoms with van der Waals surface area (Å²) in [5.74, 6) is -0.0942. The normalized spacial score (nSPS) is 14.5. The molecule has 0 aliphatic heterocycles. The quantitative estimate of drug-likeness (QED) is 0.585. The Morgan fingerprint density at radius 2 is 1.79 bits per heavy atom. The van der Waals surface area contributed by atoms with E-state index in [0.29, 0.717) is 10.8 Å². The standard InChI is InChI=1S/C17H19ClNO4P/c1-13(17(20)22-12-14-6-4-3-5-7-14)19-24(2,21)23-16-10-8-15(18)9-11-16/h3-11,13H,12H2,1-2H3,(H,19,21)/t13-,24?/m0/s1. The molecule has 0 aliphatic carbocycles. The lowest BCUT2D eigenvalue weighted by Crippen LogP contribution is -2.34. The smallest absolute Gasteiger partial charge is 0.323 e. The van der Waals surface area contributed by atoms with Crippen LogP contribution < -0.4 is 9.61 Å². The van der Waals surface area contributed by atoms with E-state index in [1.807, 2.05) is 30.3 Å². The first-order valence-electron chi connectivity index (χ1n) is 7.37. The van der Waals surface area contributed by atoms with Gasteiger partial charge in [-0.05, 0) is 36.8 Å². The fourth-order valence-corrected chi connectivity index (χ4v) is 3.49. The molecule has 2 aromatic carbocycles. The SMILES string of the molecule is C[C@H](NP(C)(=O)Oc1ccc(Cl)cc1)C(=O)OCc1ccccc1. The van der Waals surface area contributed by atoms with Gasteiger partial charge in [-0.2, -0.15) is 0 Å². The molecule has 0 bridgehead atoms. The molecule has 0 aromatic heterocycles. The second-order valence-electron chi connectivity index (χ2n) is 5.34. The maximum atomic E-state index is 12.5. The summed E-state index contributed by atoms with van der Waals surface area (Å²) in [6.45, 7) is 3.15. The van der Waals surface area contributed by atoms with Crippen molar-refractivity contribution in [2.24, 2.45) is 0 Å². The van der Waals surface area contributed by atoms with Crippen LogP contribution in [0.1, 0.15) is 12.5 Å². The number of esters is 1. The van der Waals surface area contributed by atoms with Gasteiger partial charge in [0.2, 0.25) is 0 Å². The van der Waals surface area contributed by atoms with Gasteiger partial charge in [0.15, 0.2) is 0 Å².